The number of hydrogen-bond donors (Lipinski definition) is 1. The van der Waals surface area contributed by atoms with Gasteiger partial charge < -0.3 is 5.11 Å². The molecule has 0 amide bonds. The van der Waals surface area contributed by atoms with Crippen molar-refractivity contribution in [1.82, 2.24) is 0 Å². The van der Waals surface area contributed by atoms with Crippen LogP contribution in [0.4, 0.5) is 4.39 Å². The molecule has 1 rings (SSSR count). The lowest BCUT2D eigenvalue weighted by Crippen LogP contribution is -1.90. The van der Waals surface area contributed by atoms with Crippen LogP contribution in [0, 0.1) is 12.7 Å². The van der Waals surface area contributed by atoms with Crippen molar-refractivity contribution in [2.45, 2.75) is 6.92 Å². The second kappa shape index (κ2) is 4.37. The van der Waals surface area contributed by atoms with Crippen LogP contribution < -0.4 is 0 Å². The molecule has 0 aliphatic rings. The Kier molecular flexibility index (Phi) is 3.41. The number of aryl methyl sites for hydroxylation is 1. The Balaban J connectivity index is 3.12. The van der Waals surface area contributed by atoms with Gasteiger partial charge in [-0.25, -0.2) is 9.18 Å². The zero-order chi connectivity index (χ0) is 10.7. The minimum Gasteiger partial charge on any atom is -0.478 e. The van der Waals surface area contributed by atoms with E-state index in [1.54, 1.807) is 13.0 Å². The van der Waals surface area contributed by atoms with E-state index in [4.69, 9.17) is 5.11 Å². The van der Waals surface area contributed by atoms with Crippen molar-refractivity contribution in [3.63, 3.8) is 0 Å². The van der Waals surface area contributed by atoms with E-state index in [9.17, 15) is 9.18 Å². The first-order valence-electron chi connectivity index (χ1n) is 3.88. The summed E-state index contributed by atoms with van der Waals surface area (Å²) in [6.45, 7) is 1.76. The third-order valence-corrected chi connectivity index (χ3v) is 2.68. The first kappa shape index (κ1) is 10.9. The van der Waals surface area contributed by atoms with Crippen LogP contribution in [0.2, 0.25) is 0 Å². The van der Waals surface area contributed by atoms with Crippen LogP contribution in [0.25, 0.3) is 6.08 Å². The molecule has 1 aromatic rings. The maximum Gasteiger partial charge on any atom is 0.328 e. The summed E-state index contributed by atoms with van der Waals surface area (Å²) in [7, 11) is 0. The highest BCUT2D eigenvalue weighted by Gasteiger charge is 2.06. The molecule has 0 radical (unpaired) electrons. The van der Waals surface area contributed by atoms with Crippen molar-refractivity contribution >= 4 is 28.0 Å². The molecule has 0 atom stereocenters. The Morgan fingerprint density at radius 1 is 1.57 bits per heavy atom. The number of carboxylic acid groups (broad SMARTS) is 1. The van der Waals surface area contributed by atoms with Gasteiger partial charge in [0, 0.05) is 11.6 Å². The summed E-state index contributed by atoms with van der Waals surface area (Å²) in [5.74, 6) is -1.54. The summed E-state index contributed by atoms with van der Waals surface area (Å²) in [4.78, 5) is 10.2. The summed E-state index contributed by atoms with van der Waals surface area (Å²) in [5, 5.41) is 8.37. The molecule has 0 saturated heterocycles. The normalized spacial score (nSPS) is 10.8. The van der Waals surface area contributed by atoms with Crippen molar-refractivity contribution in [3.8, 4) is 0 Å². The van der Waals surface area contributed by atoms with Crippen molar-refractivity contribution in [2.75, 3.05) is 0 Å². The van der Waals surface area contributed by atoms with E-state index in [0.29, 0.717) is 4.47 Å². The van der Waals surface area contributed by atoms with Gasteiger partial charge in [0.2, 0.25) is 0 Å². The van der Waals surface area contributed by atoms with E-state index in [2.05, 4.69) is 15.9 Å². The molecule has 0 spiro atoms. The maximum absolute atomic E-state index is 13.4. The van der Waals surface area contributed by atoms with Crippen LogP contribution in [-0.2, 0) is 4.79 Å². The highest BCUT2D eigenvalue weighted by Crippen LogP contribution is 2.23. The van der Waals surface area contributed by atoms with E-state index < -0.39 is 11.8 Å². The van der Waals surface area contributed by atoms with Gasteiger partial charge in [0.15, 0.2) is 0 Å². The van der Waals surface area contributed by atoms with Gasteiger partial charge in [0.05, 0.1) is 4.47 Å². The Morgan fingerprint density at radius 2 is 2.21 bits per heavy atom. The van der Waals surface area contributed by atoms with Crippen LogP contribution in [0.15, 0.2) is 22.7 Å². The number of rotatable bonds is 2. The summed E-state index contributed by atoms with van der Waals surface area (Å²) in [6.07, 6.45) is 2.13. The molecule has 0 saturated carbocycles. The van der Waals surface area contributed by atoms with Crippen molar-refractivity contribution < 1.29 is 14.3 Å². The third kappa shape index (κ3) is 2.42. The fourth-order valence-corrected chi connectivity index (χ4v) is 1.31. The first-order valence-corrected chi connectivity index (χ1v) is 4.67. The molecule has 74 valence electrons. The molecular formula is C10H8BrFO2. The van der Waals surface area contributed by atoms with Crippen LogP contribution >= 0.6 is 15.9 Å². The number of carbonyl (C=O) groups is 1. The number of hydrogen-bond acceptors (Lipinski definition) is 1. The predicted octanol–water partition coefficient (Wildman–Crippen LogP) is 2.99. The van der Waals surface area contributed by atoms with Crippen molar-refractivity contribution in [2.24, 2.45) is 0 Å². The van der Waals surface area contributed by atoms with Gasteiger partial charge >= 0.3 is 5.97 Å². The Labute approximate surface area is 89.2 Å². The summed E-state index contributed by atoms with van der Waals surface area (Å²) < 4.78 is 13.8. The molecule has 2 nitrogen and oxygen atoms in total. The van der Waals surface area contributed by atoms with E-state index in [0.717, 1.165) is 11.6 Å². The average molecular weight is 259 g/mol. The van der Waals surface area contributed by atoms with Gasteiger partial charge in [0.1, 0.15) is 5.82 Å². The molecule has 1 aromatic carbocycles. The van der Waals surface area contributed by atoms with E-state index in [1.807, 2.05) is 0 Å². The number of halogens is 2. The van der Waals surface area contributed by atoms with Gasteiger partial charge in [-0.15, -0.1) is 0 Å². The lowest BCUT2D eigenvalue weighted by atomic mass is 10.1. The summed E-state index contributed by atoms with van der Waals surface area (Å²) in [5.41, 5.74) is 1.03. The molecular weight excluding hydrogens is 251 g/mol. The molecule has 0 heterocycles. The number of benzene rings is 1. The smallest absolute Gasteiger partial charge is 0.328 e. The van der Waals surface area contributed by atoms with Gasteiger partial charge in [-0.1, -0.05) is 12.1 Å². The van der Waals surface area contributed by atoms with Gasteiger partial charge in [-0.2, -0.15) is 0 Å². The summed E-state index contributed by atoms with van der Waals surface area (Å²) in [6, 6.07) is 3.25. The highest BCUT2D eigenvalue weighted by atomic mass is 79.9. The molecule has 1 N–H and O–H groups in total. The molecule has 0 unspecified atom stereocenters. The molecule has 0 aliphatic carbocycles. The quantitative estimate of drug-likeness (QED) is 0.829. The SMILES string of the molecule is Cc1ccc(C=CC(=O)O)c(F)c1Br. The van der Waals surface area contributed by atoms with E-state index >= 15 is 0 Å². The molecule has 14 heavy (non-hydrogen) atoms. The number of aliphatic carboxylic acids is 1. The average Bonchev–Trinajstić information content (AvgIpc) is 2.13. The Bertz CT molecular complexity index is 399. The molecule has 0 fully saturated rings. The minimum atomic E-state index is -1.10. The highest BCUT2D eigenvalue weighted by molar-refractivity contribution is 9.10. The monoisotopic (exact) mass is 258 g/mol. The van der Waals surface area contributed by atoms with Crippen molar-refractivity contribution in [1.29, 1.82) is 0 Å². The van der Waals surface area contributed by atoms with E-state index in [1.165, 1.54) is 12.1 Å². The van der Waals surface area contributed by atoms with Crippen LogP contribution in [0.3, 0.4) is 0 Å². The Hall–Kier alpha value is -1.16. The van der Waals surface area contributed by atoms with Crippen LogP contribution in [0.1, 0.15) is 11.1 Å². The second-order valence-electron chi connectivity index (χ2n) is 2.77. The maximum atomic E-state index is 13.4. The fraction of sp³-hybridized carbons (Fsp3) is 0.100. The first-order chi connectivity index (χ1) is 6.52. The van der Waals surface area contributed by atoms with Crippen molar-refractivity contribution in [3.05, 3.63) is 39.6 Å². The van der Waals surface area contributed by atoms with Crippen LogP contribution in [0.5, 0.6) is 0 Å². The predicted molar refractivity (Wildman–Crippen MR) is 55.5 cm³/mol. The standard InChI is InChI=1S/C10H8BrFO2/c1-6-2-3-7(4-5-8(13)14)10(12)9(6)11/h2-5H,1H3,(H,13,14). The van der Waals surface area contributed by atoms with Gasteiger partial charge in [0.25, 0.3) is 0 Å². The summed E-state index contributed by atoms with van der Waals surface area (Å²) >= 11 is 3.08. The molecule has 0 aromatic heterocycles. The molecule has 4 heteroatoms. The largest absolute Gasteiger partial charge is 0.478 e. The zero-order valence-electron chi connectivity index (χ0n) is 7.42. The van der Waals surface area contributed by atoms with Crippen LogP contribution in [-0.4, -0.2) is 11.1 Å². The van der Waals surface area contributed by atoms with Gasteiger partial charge in [-0.3, -0.25) is 0 Å². The lowest BCUT2D eigenvalue weighted by Gasteiger charge is -2.02. The topological polar surface area (TPSA) is 37.3 Å². The fourth-order valence-electron chi connectivity index (χ4n) is 0.951. The number of carboxylic acids is 1. The molecule has 0 aliphatic heterocycles. The van der Waals surface area contributed by atoms with E-state index in [-0.39, 0.29) is 5.56 Å². The zero-order valence-corrected chi connectivity index (χ0v) is 9.01. The lowest BCUT2D eigenvalue weighted by molar-refractivity contribution is -0.131. The second-order valence-corrected chi connectivity index (χ2v) is 3.56. The minimum absolute atomic E-state index is 0.255. The Morgan fingerprint density at radius 3 is 2.79 bits per heavy atom. The third-order valence-electron chi connectivity index (χ3n) is 1.71. The van der Waals surface area contributed by atoms with Gasteiger partial charge in [-0.05, 0) is 34.5 Å². The molecule has 0 bridgehead atoms.